The SMILES string of the molecule is C#Cc1cc(OCCCCCC)c(C#Cc2ccc(C#Cc3cc(OCCCCCC)c(C#C)cc3OCCCCCC)s2)cc1OCCCCCC. The molecular weight excluding hydrogens is 673 g/mol. The van der Waals surface area contributed by atoms with Crippen LogP contribution < -0.4 is 18.9 Å². The van der Waals surface area contributed by atoms with Crippen LogP contribution in [0.2, 0.25) is 0 Å². The van der Waals surface area contributed by atoms with Gasteiger partial charge < -0.3 is 18.9 Å². The zero-order chi connectivity index (χ0) is 37.9. The first kappa shape index (κ1) is 43.0. The highest BCUT2D eigenvalue weighted by atomic mass is 32.1. The maximum absolute atomic E-state index is 6.24. The third kappa shape index (κ3) is 16.0. The number of hydrogen-bond donors (Lipinski definition) is 0. The quantitative estimate of drug-likeness (QED) is 0.0679. The van der Waals surface area contributed by atoms with Gasteiger partial charge in [-0.15, -0.1) is 24.2 Å². The summed E-state index contributed by atoms with van der Waals surface area (Å²) in [6.07, 6.45) is 29.8. The summed E-state index contributed by atoms with van der Waals surface area (Å²) in [7, 11) is 0. The van der Waals surface area contributed by atoms with Crippen molar-refractivity contribution >= 4 is 11.3 Å². The van der Waals surface area contributed by atoms with Crippen LogP contribution in [0.15, 0.2) is 36.4 Å². The van der Waals surface area contributed by atoms with Crippen LogP contribution in [0.1, 0.15) is 162 Å². The molecule has 0 aliphatic rings. The minimum Gasteiger partial charge on any atom is -0.492 e. The Morgan fingerprint density at radius 2 is 0.717 bits per heavy atom. The predicted octanol–water partition coefficient (Wildman–Crippen LogP) is 12.3. The molecule has 2 aromatic carbocycles. The highest BCUT2D eigenvalue weighted by Crippen LogP contribution is 2.31. The van der Waals surface area contributed by atoms with Crippen LogP contribution in [0, 0.1) is 48.4 Å². The second-order valence-corrected chi connectivity index (χ2v) is 14.4. The molecular formula is C48H60O4S. The Kier molecular flexibility index (Phi) is 21.4. The summed E-state index contributed by atoms with van der Waals surface area (Å²) in [5, 5.41) is 0. The predicted molar refractivity (Wildman–Crippen MR) is 224 cm³/mol. The molecule has 282 valence electrons. The van der Waals surface area contributed by atoms with E-state index in [1.165, 1.54) is 51.4 Å². The first-order valence-corrected chi connectivity index (χ1v) is 20.8. The second kappa shape index (κ2) is 26.4. The third-order valence-electron chi connectivity index (χ3n) is 8.74. The number of ether oxygens (including phenoxy) is 4. The van der Waals surface area contributed by atoms with Crippen molar-refractivity contribution in [1.29, 1.82) is 0 Å². The molecule has 0 saturated heterocycles. The molecule has 0 aliphatic heterocycles. The fourth-order valence-corrected chi connectivity index (χ4v) is 6.31. The van der Waals surface area contributed by atoms with Crippen LogP contribution in [0.4, 0.5) is 0 Å². The van der Waals surface area contributed by atoms with Gasteiger partial charge in [0.05, 0.1) is 58.4 Å². The summed E-state index contributed by atoms with van der Waals surface area (Å²) in [6, 6.07) is 11.7. The highest BCUT2D eigenvalue weighted by molar-refractivity contribution is 7.13. The van der Waals surface area contributed by atoms with E-state index in [-0.39, 0.29) is 0 Å². The van der Waals surface area contributed by atoms with Crippen LogP contribution in [-0.4, -0.2) is 26.4 Å². The van der Waals surface area contributed by atoms with E-state index in [0.717, 1.165) is 72.2 Å². The lowest BCUT2D eigenvalue weighted by molar-refractivity contribution is 0.295. The molecule has 3 rings (SSSR count). The smallest absolute Gasteiger partial charge is 0.136 e. The van der Waals surface area contributed by atoms with Gasteiger partial charge in [-0.05, 0) is 37.8 Å². The summed E-state index contributed by atoms with van der Waals surface area (Å²) in [5.41, 5.74) is 2.90. The van der Waals surface area contributed by atoms with Gasteiger partial charge in [-0.3, -0.25) is 0 Å². The fraction of sp³-hybridized carbons (Fsp3) is 0.500. The van der Waals surface area contributed by atoms with Crippen molar-refractivity contribution in [3.8, 4) is 71.4 Å². The van der Waals surface area contributed by atoms with Crippen molar-refractivity contribution in [1.82, 2.24) is 0 Å². The summed E-state index contributed by atoms with van der Waals surface area (Å²) in [5.74, 6) is 21.7. The number of hydrogen-bond acceptors (Lipinski definition) is 5. The van der Waals surface area contributed by atoms with Crippen molar-refractivity contribution in [2.24, 2.45) is 0 Å². The molecule has 0 aliphatic carbocycles. The Morgan fingerprint density at radius 1 is 0.415 bits per heavy atom. The number of unbranched alkanes of at least 4 members (excludes halogenated alkanes) is 12. The minimum atomic E-state index is 0.618. The van der Waals surface area contributed by atoms with Gasteiger partial charge in [-0.25, -0.2) is 0 Å². The van der Waals surface area contributed by atoms with Crippen LogP contribution in [-0.2, 0) is 0 Å². The van der Waals surface area contributed by atoms with Gasteiger partial charge in [-0.1, -0.05) is 140 Å². The molecule has 0 unspecified atom stereocenters. The molecule has 0 amide bonds. The van der Waals surface area contributed by atoms with E-state index in [4.69, 9.17) is 31.8 Å². The van der Waals surface area contributed by atoms with E-state index >= 15 is 0 Å². The monoisotopic (exact) mass is 732 g/mol. The number of thiophene rings is 1. The summed E-state index contributed by atoms with van der Waals surface area (Å²) >= 11 is 1.55. The topological polar surface area (TPSA) is 36.9 Å². The molecule has 53 heavy (non-hydrogen) atoms. The van der Waals surface area contributed by atoms with E-state index < -0.39 is 0 Å². The molecule has 0 saturated carbocycles. The maximum atomic E-state index is 6.24. The molecule has 4 nitrogen and oxygen atoms in total. The van der Waals surface area contributed by atoms with Crippen LogP contribution in [0.3, 0.4) is 0 Å². The van der Waals surface area contributed by atoms with Gasteiger partial charge >= 0.3 is 0 Å². The lowest BCUT2D eigenvalue weighted by Crippen LogP contribution is -2.03. The lowest BCUT2D eigenvalue weighted by Gasteiger charge is -2.13. The van der Waals surface area contributed by atoms with E-state index in [1.54, 1.807) is 11.3 Å². The lowest BCUT2D eigenvalue weighted by atomic mass is 10.1. The van der Waals surface area contributed by atoms with E-state index in [2.05, 4.69) is 63.2 Å². The average molecular weight is 733 g/mol. The molecule has 1 heterocycles. The zero-order valence-corrected chi connectivity index (χ0v) is 33.6. The zero-order valence-electron chi connectivity index (χ0n) is 32.8. The standard InChI is InChI=1S/C48H60O4S/c1-7-13-17-21-31-49-45-37-41(47(35-39(45)11-5)51-33-23-19-15-9-3)25-27-43-29-30-44(53-43)28-26-42-38-46(50-32-22-18-14-8-2)40(12-6)36-48(42)52-34-24-20-16-10-4/h5-6,29-30,35-38H,7-10,13-24,31-34H2,1-4H3. The van der Waals surface area contributed by atoms with Crippen LogP contribution in [0.25, 0.3) is 0 Å². The molecule has 5 heteroatoms. The van der Waals surface area contributed by atoms with Gasteiger partial charge in [0.1, 0.15) is 23.0 Å². The Hall–Kier alpha value is -4.42. The minimum absolute atomic E-state index is 0.618. The molecule has 1 aromatic heterocycles. The fourth-order valence-electron chi connectivity index (χ4n) is 5.59. The molecule has 0 bridgehead atoms. The highest BCUT2D eigenvalue weighted by Gasteiger charge is 2.13. The Balaban J connectivity index is 1.87. The summed E-state index contributed by atoms with van der Waals surface area (Å²) in [6.45, 7) is 11.3. The normalized spacial score (nSPS) is 10.3. The molecule has 0 spiro atoms. The first-order chi connectivity index (χ1) is 26.1. The Labute approximate surface area is 325 Å². The Morgan fingerprint density at radius 3 is 1.02 bits per heavy atom. The third-order valence-corrected chi connectivity index (χ3v) is 9.66. The van der Waals surface area contributed by atoms with E-state index in [9.17, 15) is 0 Å². The van der Waals surface area contributed by atoms with Crippen LogP contribution >= 0.6 is 11.3 Å². The molecule has 0 radical (unpaired) electrons. The van der Waals surface area contributed by atoms with Gasteiger partial charge in [0.15, 0.2) is 0 Å². The first-order valence-electron chi connectivity index (χ1n) is 20.0. The second-order valence-electron chi connectivity index (χ2n) is 13.3. The van der Waals surface area contributed by atoms with Gasteiger partial charge in [0.25, 0.3) is 0 Å². The maximum Gasteiger partial charge on any atom is 0.136 e. The van der Waals surface area contributed by atoms with Gasteiger partial charge in [0.2, 0.25) is 0 Å². The van der Waals surface area contributed by atoms with Crippen molar-refractivity contribution in [2.75, 3.05) is 26.4 Å². The Bertz CT molecular complexity index is 1600. The number of benzene rings is 2. The van der Waals surface area contributed by atoms with Gasteiger partial charge in [0, 0.05) is 24.3 Å². The number of rotatable bonds is 24. The number of terminal acetylenes is 2. The van der Waals surface area contributed by atoms with Crippen molar-refractivity contribution in [3.05, 3.63) is 68.4 Å². The largest absolute Gasteiger partial charge is 0.492 e. The molecule has 3 aromatic rings. The summed E-state index contributed by atoms with van der Waals surface area (Å²) < 4.78 is 24.8. The van der Waals surface area contributed by atoms with E-state index in [1.807, 2.05) is 36.4 Å². The van der Waals surface area contributed by atoms with Crippen molar-refractivity contribution in [2.45, 2.75) is 130 Å². The molecule has 0 fully saturated rings. The van der Waals surface area contributed by atoms with Crippen molar-refractivity contribution in [3.63, 3.8) is 0 Å². The van der Waals surface area contributed by atoms with Crippen molar-refractivity contribution < 1.29 is 18.9 Å². The summed E-state index contributed by atoms with van der Waals surface area (Å²) in [4.78, 5) is 1.80. The molecule has 0 atom stereocenters. The van der Waals surface area contributed by atoms with Crippen LogP contribution in [0.5, 0.6) is 23.0 Å². The molecule has 0 N–H and O–H groups in total. The van der Waals surface area contributed by atoms with E-state index in [0.29, 0.717) is 60.6 Å². The van der Waals surface area contributed by atoms with Gasteiger partial charge in [-0.2, -0.15) is 0 Å². The average Bonchev–Trinajstić information content (AvgIpc) is 3.64.